The highest BCUT2D eigenvalue weighted by atomic mass is 35.5. The zero-order valence-electron chi connectivity index (χ0n) is 15.1. The molecule has 146 valence electrons. The molecule has 0 N–H and O–H groups in total. The van der Waals surface area contributed by atoms with Gasteiger partial charge in [0, 0.05) is 13.1 Å². The number of nitrogens with zero attached hydrogens (tertiary/aromatic N) is 1. The van der Waals surface area contributed by atoms with E-state index >= 15 is 0 Å². The molecular formula is C19H21Cl2NO4S. The number of benzene rings is 2. The van der Waals surface area contributed by atoms with E-state index in [1.165, 1.54) is 34.6 Å². The van der Waals surface area contributed by atoms with Gasteiger partial charge < -0.3 is 4.74 Å². The molecule has 0 fully saturated rings. The summed E-state index contributed by atoms with van der Waals surface area (Å²) in [6, 6.07) is 10.5. The van der Waals surface area contributed by atoms with Gasteiger partial charge in [0.1, 0.15) is 5.02 Å². The number of ether oxygens (including phenoxy) is 1. The maximum atomic E-state index is 12.9. The summed E-state index contributed by atoms with van der Waals surface area (Å²) < 4.78 is 32.5. The third kappa shape index (κ3) is 5.23. The molecule has 8 heteroatoms. The molecule has 0 aromatic heterocycles. The van der Waals surface area contributed by atoms with Crippen LogP contribution in [0.3, 0.4) is 0 Å². The van der Waals surface area contributed by atoms with Crippen LogP contribution in [0.4, 0.5) is 0 Å². The van der Waals surface area contributed by atoms with Crippen LogP contribution in [-0.2, 0) is 10.0 Å². The van der Waals surface area contributed by atoms with Crippen molar-refractivity contribution in [3.63, 3.8) is 0 Å². The van der Waals surface area contributed by atoms with Crippen molar-refractivity contribution in [3.8, 4) is 5.75 Å². The molecular weight excluding hydrogens is 409 g/mol. The lowest BCUT2D eigenvalue weighted by atomic mass is 10.2. The van der Waals surface area contributed by atoms with E-state index in [4.69, 9.17) is 27.9 Å². The lowest BCUT2D eigenvalue weighted by Gasteiger charge is -2.21. The monoisotopic (exact) mass is 429 g/mol. The van der Waals surface area contributed by atoms with Gasteiger partial charge in [-0.3, -0.25) is 0 Å². The Morgan fingerprint density at radius 1 is 1.04 bits per heavy atom. The number of sulfonamides is 1. The van der Waals surface area contributed by atoms with E-state index in [1.54, 1.807) is 12.1 Å². The zero-order valence-corrected chi connectivity index (χ0v) is 17.4. The van der Waals surface area contributed by atoms with Crippen LogP contribution in [0.5, 0.6) is 5.75 Å². The van der Waals surface area contributed by atoms with Crippen LogP contribution < -0.4 is 4.74 Å². The molecule has 2 rings (SSSR count). The highest BCUT2D eigenvalue weighted by Gasteiger charge is 2.24. The summed E-state index contributed by atoms with van der Waals surface area (Å²) in [5.41, 5.74) is 0.111. The summed E-state index contributed by atoms with van der Waals surface area (Å²) >= 11 is 11.9. The maximum Gasteiger partial charge on any atom is 0.343 e. The third-order valence-corrected chi connectivity index (χ3v) is 6.47. The van der Waals surface area contributed by atoms with Crippen molar-refractivity contribution >= 4 is 39.2 Å². The Morgan fingerprint density at radius 3 is 2.30 bits per heavy atom. The topological polar surface area (TPSA) is 63.7 Å². The number of hydrogen-bond donors (Lipinski definition) is 0. The Labute approximate surface area is 169 Å². The molecule has 0 amide bonds. The summed E-state index contributed by atoms with van der Waals surface area (Å²) in [4.78, 5) is 12.5. The van der Waals surface area contributed by atoms with Gasteiger partial charge in [-0.25, -0.2) is 13.2 Å². The van der Waals surface area contributed by atoms with Crippen molar-refractivity contribution in [1.29, 1.82) is 0 Å². The molecule has 0 aliphatic heterocycles. The Hall–Kier alpha value is -1.60. The van der Waals surface area contributed by atoms with Gasteiger partial charge in [0.05, 0.1) is 15.5 Å². The van der Waals surface area contributed by atoms with E-state index in [9.17, 15) is 13.2 Å². The molecule has 0 atom stereocenters. The molecule has 0 bridgehead atoms. The van der Waals surface area contributed by atoms with Crippen LogP contribution in [0, 0.1) is 0 Å². The fourth-order valence-electron chi connectivity index (χ4n) is 2.51. The predicted octanol–water partition coefficient (Wildman–Crippen LogP) is 5.02. The van der Waals surface area contributed by atoms with E-state index in [0.29, 0.717) is 25.9 Å². The average Bonchev–Trinajstić information content (AvgIpc) is 2.65. The number of carbonyl (C=O) groups is 1. The summed E-state index contributed by atoms with van der Waals surface area (Å²) in [5, 5.41) is 0.376. The van der Waals surface area contributed by atoms with Crippen LogP contribution in [0.1, 0.15) is 37.0 Å². The van der Waals surface area contributed by atoms with Gasteiger partial charge >= 0.3 is 5.97 Å². The SMILES string of the molecule is CCCN(CCC)S(=O)(=O)c1cccc(C(=O)Oc2cccc(Cl)c2Cl)c1. The second-order valence-electron chi connectivity index (χ2n) is 5.87. The van der Waals surface area contributed by atoms with Crippen molar-refractivity contribution in [2.75, 3.05) is 13.1 Å². The fourth-order valence-corrected chi connectivity index (χ4v) is 4.51. The predicted molar refractivity (Wildman–Crippen MR) is 107 cm³/mol. The highest BCUT2D eigenvalue weighted by molar-refractivity contribution is 7.89. The van der Waals surface area contributed by atoms with E-state index in [1.807, 2.05) is 13.8 Å². The van der Waals surface area contributed by atoms with Gasteiger partial charge in [0.15, 0.2) is 5.75 Å². The minimum atomic E-state index is -3.69. The van der Waals surface area contributed by atoms with Crippen LogP contribution in [0.2, 0.25) is 10.0 Å². The number of hydrogen-bond acceptors (Lipinski definition) is 4. The molecule has 0 heterocycles. The second-order valence-corrected chi connectivity index (χ2v) is 8.60. The van der Waals surface area contributed by atoms with Crippen molar-refractivity contribution in [3.05, 3.63) is 58.1 Å². The first-order valence-corrected chi connectivity index (χ1v) is 10.8. The molecule has 0 saturated heterocycles. The smallest absolute Gasteiger partial charge is 0.343 e. The Balaban J connectivity index is 2.31. The van der Waals surface area contributed by atoms with Crippen LogP contribution in [-0.4, -0.2) is 31.8 Å². The Kier molecular flexibility index (Phi) is 7.68. The first-order chi connectivity index (χ1) is 12.8. The second kappa shape index (κ2) is 9.55. The standard InChI is InChI=1S/C19H21Cl2NO4S/c1-3-11-22(12-4-2)27(24,25)15-8-5-7-14(13-15)19(23)26-17-10-6-9-16(20)18(17)21/h5-10,13H,3-4,11-12H2,1-2H3. The Morgan fingerprint density at radius 2 is 1.67 bits per heavy atom. The summed E-state index contributed by atoms with van der Waals surface area (Å²) in [6.07, 6.45) is 1.41. The molecule has 0 radical (unpaired) electrons. The van der Waals surface area contributed by atoms with Crippen molar-refractivity contribution < 1.29 is 17.9 Å². The van der Waals surface area contributed by atoms with E-state index < -0.39 is 16.0 Å². The van der Waals surface area contributed by atoms with E-state index in [2.05, 4.69) is 0 Å². The maximum absolute atomic E-state index is 12.9. The van der Waals surface area contributed by atoms with Crippen LogP contribution >= 0.6 is 23.2 Å². The van der Waals surface area contributed by atoms with Gasteiger partial charge in [-0.2, -0.15) is 4.31 Å². The normalized spacial score (nSPS) is 11.6. The van der Waals surface area contributed by atoms with Gasteiger partial charge in [0.2, 0.25) is 10.0 Å². The van der Waals surface area contributed by atoms with E-state index in [-0.39, 0.29) is 26.3 Å². The largest absolute Gasteiger partial charge is 0.421 e. The molecule has 5 nitrogen and oxygen atoms in total. The first-order valence-electron chi connectivity index (χ1n) is 8.57. The summed E-state index contributed by atoms with van der Waals surface area (Å²) in [6.45, 7) is 4.67. The molecule has 0 aliphatic carbocycles. The third-order valence-electron chi connectivity index (χ3n) is 3.77. The molecule has 0 unspecified atom stereocenters. The average molecular weight is 430 g/mol. The minimum absolute atomic E-state index is 0.0519. The highest BCUT2D eigenvalue weighted by Crippen LogP contribution is 2.32. The number of halogens is 2. The fraction of sp³-hybridized carbons (Fsp3) is 0.316. The Bertz CT molecular complexity index is 910. The molecule has 0 aliphatic rings. The number of carbonyl (C=O) groups excluding carboxylic acids is 1. The van der Waals surface area contributed by atoms with Crippen molar-refractivity contribution in [1.82, 2.24) is 4.31 Å². The lowest BCUT2D eigenvalue weighted by molar-refractivity contribution is 0.0734. The molecule has 2 aromatic carbocycles. The van der Waals surface area contributed by atoms with Gasteiger partial charge in [-0.15, -0.1) is 0 Å². The zero-order chi connectivity index (χ0) is 20.0. The van der Waals surface area contributed by atoms with E-state index in [0.717, 1.165) is 0 Å². The summed E-state index contributed by atoms with van der Waals surface area (Å²) in [5.74, 6) is -0.602. The van der Waals surface area contributed by atoms with Crippen molar-refractivity contribution in [2.45, 2.75) is 31.6 Å². The molecule has 2 aromatic rings. The first kappa shape index (κ1) is 21.7. The number of rotatable bonds is 8. The van der Waals surface area contributed by atoms with Gasteiger partial charge in [0.25, 0.3) is 0 Å². The van der Waals surface area contributed by atoms with Crippen LogP contribution in [0.15, 0.2) is 47.4 Å². The summed E-state index contributed by atoms with van der Waals surface area (Å²) in [7, 11) is -3.69. The van der Waals surface area contributed by atoms with Gasteiger partial charge in [-0.05, 0) is 43.2 Å². The lowest BCUT2D eigenvalue weighted by Crippen LogP contribution is -2.32. The van der Waals surface area contributed by atoms with Crippen molar-refractivity contribution in [2.24, 2.45) is 0 Å². The quantitative estimate of drug-likeness (QED) is 0.436. The van der Waals surface area contributed by atoms with Crippen LogP contribution in [0.25, 0.3) is 0 Å². The molecule has 0 spiro atoms. The molecule has 27 heavy (non-hydrogen) atoms. The number of esters is 1. The minimum Gasteiger partial charge on any atom is -0.421 e. The molecule has 0 saturated carbocycles. The van der Waals surface area contributed by atoms with Gasteiger partial charge in [-0.1, -0.05) is 49.2 Å².